The molecule has 0 spiro atoms. The van der Waals surface area contributed by atoms with Crippen LogP contribution in [0.5, 0.6) is 0 Å². The number of nitrogens with zero attached hydrogens (tertiary/aromatic N) is 3. The molecular formula is C16H16FN3O5. The minimum Gasteiger partial charge on any atom is -0.456 e. The molecule has 0 amide bonds. The molecule has 0 unspecified atom stereocenters. The van der Waals surface area contributed by atoms with Gasteiger partial charge in [-0.15, -0.1) is 0 Å². The largest absolute Gasteiger partial charge is 0.456 e. The second-order valence-corrected chi connectivity index (χ2v) is 5.76. The molecule has 1 saturated heterocycles. The Bertz CT molecular complexity index is 807. The van der Waals surface area contributed by atoms with Gasteiger partial charge in [-0.3, -0.25) is 10.1 Å². The first kappa shape index (κ1) is 16.9. The van der Waals surface area contributed by atoms with E-state index in [1.165, 1.54) is 18.5 Å². The molecule has 1 aromatic heterocycles. The third kappa shape index (κ3) is 3.59. The molecule has 1 fully saturated rings. The van der Waals surface area contributed by atoms with Gasteiger partial charge in [0.15, 0.2) is 12.1 Å². The fourth-order valence-electron chi connectivity index (χ4n) is 2.87. The quantitative estimate of drug-likeness (QED) is 0.475. The number of nitro benzene ring substituents is 1. The molecule has 1 aliphatic heterocycles. The monoisotopic (exact) mass is 349 g/mol. The Labute approximate surface area is 142 Å². The predicted molar refractivity (Wildman–Crippen MR) is 84.9 cm³/mol. The van der Waals surface area contributed by atoms with Gasteiger partial charge in [-0.1, -0.05) is 0 Å². The van der Waals surface area contributed by atoms with Crippen molar-refractivity contribution in [3.63, 3.8) is 0 Å². The van der Waals surface area contributed by atoms with E-state index in [9.17, 15) is 19.3 Å². The number of esters is 1. The molecule has 1 aromatic carbocycles. The van der Waals surface area contributed by atoms with Gasteiger partial charge in [0.25, 0.3) is 5.69 Å². The molecule has 0 saturated carbocycles. The highest BCUT2D eigenvalue weighted by Gasteiger charge is 2.29. The van der Waals surface area contributed by atoms with Crippen LogP contribution in [0, 0.1) is 22.9 Å². The molecule has 2 aromatic rings. The van der Waals surface area contributed by atoms with E-state index in [2.05, 4.69) is 4.98 Å². The van der Waals surface area contributed by atoms with Gasteiger partial charge in [-0.25, -0.2) is 14.2 Å². The SMILES string of the molecule is Cc1ocnc1C(=O)O[C@@H]1CCCN(c2ccc(F)cc2[N+](=O)[O-])C1. The average Bonchev–Trinajstić information content (AvgIpc) is 3.01. The Morgan fingerprint density at radius 3 is 3.00 bits per heavy atom. The number of hydrogen-bond acceptors (Lipinski definition) is 7. The number of piperidine rings is 1. The van der Waals surface area contributed by atoms with E-state index in [0.717, 1.165) is 6.07 Å². The van der Waals surface area contributed by atoms with E-state index >= 15 is 0 Å². The van der Waals surface area contributed by atoms with Crippen LogP contribution in [0.2, 0.25) is 0 Å². The molecule has 132 valence electrons. The first-order valence-electron chi connectivity index (χ1n) is 7.75. The van der Waals surface area contributed by atoms with E-state index in [0.29, 0.717) is 30.8 Å². The van der Waals surface area contributed by atoms with Crippen LogP contribution in [-0.4, -0.2) is 35.1 Å². The number of oxazole rings is 1. The molecule has 0 bridgehead atoms. The van der Waals surface area contributed by atoms with Crippen molar-refractivity contribution < 1.29 is 23.3 Å². The number of ether oxygens (including phenoxy) is 1. The summed E-state index contributed by atoms with van der Waals surface area (Å²) in [5.41, 5.74) is 0.119. The summed E-state index contributed by atoms with van der Waals surface area (Å²) in [6, 6.07) is 3.44. The Morgan fingerprint density at radius 2 is 2.32 bits per heavy atom. The number of nitro groups is 1. The molecule has 9 heteroatoms. The Morgan fingerprint density at radius 1 is 1.52 bits per heavy atom. The van der Waals surface area contributed by atoms with E-state index < -0.39 is 22.8 Å². The third-order valence-corrected chi connectivity index (χ3v) is 4.06. The summed E-state index contributed by atoms with van der Waals surface area (Å²) in [6.07, 6.45) is 2.04. The molecule has 0 radical (unpaired) electrons. The Balaban J connectivity index is 1.75. The van der Waals surface area contributed by atoms with E-state index in [1.54, 1.807) is 11.8 Å². The number of hydrogen-bond donors (Lipinski definition) is 0. The van der Waals surface area contributed by atoms with Gasteiger partial charge in [0.1, 0.15) is 23.4 Å². The highest BCUT2D eigenvalue weighted by Crippen LogP contribution is 2.31. The van der Waals surface area contributed by atoms with Crippen molar-refractivity contribution in [3.05, 3.63) is 52.0 Å². The normalized spacial score (nSPS) is 17.4. The number of rotatable bonds is 4. The second-order valence-electron chi connectivity index (χ2n) is 5.76. The number of halogens is 1. The fraction of sp³-hybridized carbons (Fsp3) is 0.375. The van der Waals surface area contributed by atoms with E-state index in [-0.39, 0.29) is 17.9 Å². The van der Waals surface area contributed by atoms with Crippen molar-refractivity contribution in [1.29, 1.82) is 0 Å². The molecule has 1 aliphatic rings. The standard InChI is InChI=1S/C16H16FN3O5/c1-10-15(18-9-24-10)16(21)25-12-3-2-6-19(8-12)13-5-4-11(17)7-14(13)20(22)23/h4-5,7,9,12H,2-3,6,8H2,1H3/t12-/m1/s1. The van der Waals surface area contributed by atoms with E-state index in [1.807, 2.05) is 0 Å². The smallest absolute Gasteiger partial charge is 0.360 e. The highest BCUT2D eigenvalue weighted by molar-refractivity contribution is 5.88. The fourth-order valence-corrected chi connectivity index (χ4v) is 2.87. The van der Waals surface area contributed by atoms with Gasteiger partial charge < -0.3 is 14.1 Å². The van der Waals surface area contributed by atoms with Crippen molar-refractivity contribution in [2.45, 2.75) is 25.9 Å². The van der Waals surface area contributed by atoms with Crippen LogP contribution in [0.25, 0.3) is 0 Å². The maximum absolute atomic E-state index is 13.3. The molecular weight excluding hydrogens is 333 g/mol. The number of aryl methyl sites for hydroxylation is 1. The summed E-state index contributed by atoms with van der Waals surface area (Å²) >= 11 is 0. The number of carbonyl (C=O) groups excluding carboxylic acids is 1. The van der Waals surface area contributed by atoms with Crippen molar-refractivity contribution in [3.8, 4) is 0 Å². The van der Waals surface area contributed by atoms with Crippen molar-refractivity contribution in [2.75, 3.05) is 18.0 Å². The van der Waals surface area contributed by atoms with Crippen LogP contribution in [0.3, 0.4) is 0 Å². The van der Waals surface area contributed by atoms with Gasteiger partial charge in [-0.2, -0.15) is 0 Å². The zero-order chi connectivity index (χ0) is 18.0. The first-order valence-corrected chi connectivity index (χ1v) is 7.75. The lowest BCUT2D eigenvalue weighted by atomic mass is 10.1. The molecule has 0 aliphatic carbocycles. The second kappa shape index (κ2) is 6.88. The summed E-state index contributed by atoms with van der Waals surface area (Å²) in [6.45, 7) is 2.46. The van der Waals surface area contributed by atoms with Crippen molar-refractivity contribution in [1.82, 2.24) is 4.98 Å². The number of benzene rings is 1. The maximum Gasteiger partial charge on any atom is 0.360 e. The minimum atomic E-state index is -0.669. The number of aromatic nitrogens is 1. The van der Waals surface area contributed by atoms with Crippen LogP contribution in [0.4, 0.5) is 15.8 Å². The topological polar surface area (TPSA) is 98.7 Å². The predicted octanol–water partition coefficient (Wildman–Crippen LogP) is 2.86. The van der Waals surface area contributed by atoms with Crippen LogP contribution >= 0.6 is 0 Å². The lowest BCUT2D eigenvalue weighted by molar-refractivity contribution is -0.384. The van der Waals surface area contributed by atoms with Gasteiger partial charge in [-0.05, 0) is 31.9 Å². The zero-order valence-corrected chi connectivity index (χ0v) is 13.5. The Kier molecular flexibility index (Phi) is 4.64. The number of carbonyl (C=O) groups is 1. The molecule has 25 heavy (non-hydrogen) atoms. The lowest BCUT2D eigenvalue weighted by Gasteiger charge is -2.33. The Hall–Kier alpha value is -2.97. The maximum atomic E-state index is 13.3. The van der Waals surface area contributed by atoms with Crippen molar-refractivity contribution in [2.24, 2.45) is 0 Å². The van der Waals surface area contributed by atoms with Crippen LogP contribution in [-0.2, 0) is 4.74 Å². The summed E-state index contributed by atoms with van der Waals surface area (Å²) in [5.74, 6) is -0.893. The van der Waals surface area contributed by atoms with Crippen LogP contribution in [0.1, 0.15) is 29.1 Å². The minimum absolute atomic E-state index is 0.116. The molecule has 2 heterocycles. The molecule has 8 nitrogen and oxygen atoms in total. The lowest BCUT2D eigenvalue weighted by Crippen LogP contribution is -2.41. The van der Waals surface area contributed by atoms with Gasteiger partial charge in [0.2, 0.25) is 0 Å². The average molecular weight is 349 g/mol. The third-order valence-electron chi connectivity index (χ3n) is 4.06. The number of anilines is 1. The summed E-state index contributed by atoms with van der Waals surface area (Å²) in [7, 11) is 0. The van der Waals surface area contributed by atoms with Crippen molar-refractivity contribution >= 4 is 17.3 Å². The summed E-state index contributed by atoms with van der Waals surface area (Å²) in [4.78, 5) is 28.2. The molecule has 0 N–H and O–H groups in total. The first-order chi connectivity index (χ1) is 12.0. The summed E-state index contributed by atoms with van der Waals surface area (Å²) in [5, 5.41) is 11.2. The van der Waals surface area contributed by atoms with Crippen LogP contribution in [0.15, 0.2) is 29.0 Å². The van der Waals surface area contributed by atoms with E-state index in [4.69, 9.17) is 9.15 Å². The van der Waals surface area contributed by atoms with Gasteiger partial charge >= 0.3 is 5.97 Å². The van der Waals surface area contributed by atoms with Gasteiger partial charge in [0.05, 0.1) is 17.5 Å². The highest BCUT2D eigenvalue weighted by atomic mass is 19.1. The van der Waals surface area contributed by atoms with Crippen LogP contribution < -0.4 is 4.90 Å². The molecule has 3 rings (SSSR count). The molecule has 1 atom stereocenters. The van der Waals surface area contributed by atoms with Gasteiger partial charge in [0, 0.05) is 6.54 Å². The zero-order valence-electron chi connectivity index (χ0n) is 13.5. The summed E-state index contributed by atoms with van der Waals surface area (Å²) < 4.78 is 23.7.